The molecule has 2 N–H and O–H groups in total. The van der Waals surface area contributed by atoms with Gasteiger partial charge >= 0.3 is 0 Å². The van der Waals surface area contributed by atoms with Gasteiger partial charge in [0.1, 0.15) is 6.54 Å². The number of rotatable bonds is 7. The van der Waals surface area contributed by atoms with Crippen LogP contribution in [0.5, 0.6) is 11.5 Å². The highest BCUT2D eigenvalue weighted by Gasteiger charge is 2.12. The highest BCUT2D eigenvalue weighted by molar-refractivity contribution is 7.07. The van der Waals surface area contributed by atoms with Gasteiger partial charge in [-0.3, -0.25) is 4.79 Å². The van der Waals surface area contributed by atoms with E-state index in [1.54, 1.807) is 43.8 Å². The molecule has 1 atom stereocenters. The van der Waals surface area contributed by atoms with Gasteiger partial charge < -0.3 is 19.7 Å². The minimum atomic E-state index is -0.0278. The van der Waals surface area contributed by atoms with Crippen molar-refractivity contribution >= 4 is 22.9 Å². The number of ether oxygens (including phenoxy) is 2. The van der Waals surface area contributed by atoms with Crippen LogP contribution in [-0.2, 0) is 11.3 Å². The van der Waals surface area contributed by atoms with E-state index in [0.29, 0.717) is 23.7 Å². The largest absolute Gasteiger partial charge is 0.493 e. The van der Waals surface area contributed by atoms with E-state index in [-0.39, 0.29) is 5.91 Å². The zero-order valence-electron chi connectivity index (χ0n) is 13.0. The van der Waals surface area contributed by atoms with E-state index in [4.69, 9.17) is 9.47 Å². The summed E-state index contributed by atoms with van der Waals surface area (Å²) in [5, 5.41) is 7.04. The molecule has 2 aromatic rings. The number of hydrogen-bond acceptors (Lipinski definition) is 4. The summed E-state index contributed by atoms with van der Waals surface area (Å²) in [6.07, 6.45) is 0. The summed E-state index contributed by atoms with van der Waals surface area (Å²) in [5.74, 6) is 1.21. The molecule has 0 spiro atoms. The number of hydrogen-bond donors (Lipinski definition) is 2. The maximum absolute atomic E-state index is 12.1. The van der Waals surface area contributed by atoms with Crippen molar-refractivity contribution in [3.63, 3.8) is 0 Å². The normalized spacial score (nSPS) is 11.8. The first-order valence-electron chi connectivity index (χ1n) is 6.96. The number of nitrogens with one attached hydrogen (secondary N) is 2. The lowest BCUT2D eigenvalue weighted by molar-refractivity contribution is -0.885. The van der Waals surface area contributed by atoms with Gasteiger partial charge in [-0.05, 0) is 29.0 Å². The summed E-state index contributed by atoms with van der Waals surface area (Å²) in [7, 11) is 5.16. The van der Waals surface area contributed by atoms with Crippen LogP contribution in [0, 0.1) is 0 Å². The average Bonchev–Trinajstić information content (AvgIpc) is 2.99. The second-order valence-electron chi connectivity index (χ2n) is 5.06. The van der Waals surface area contributed by atoms with Crippen LogP contribution in [0.15, 0.2) is 35.0 Å². The summed E-state index contributed by atoms with van der Waals surface area (Å²) in [6.45, 7) is 1.24. The molecule has 6 heteroatoms. The van der Waals surface area contributed by atoms with Crippen LogP contribution >= 0.6 is 11.3 Å². The van der Waals surface area contributed by atoms with Crippen molar-refractivity contribution in [2.24, 2.45) is 0 Å². The number of likely N-dealkylation sites (N-methyl/N-ethyl adjacent to an activating group) is 1. The number of anilines is 1. The molecule has 0 fully saturated rings. The number of thiophene rings is 1. The van der Waals surface area contributed by atoms with Crippen molar-refractivity contribution in [2.45, 2.75) is 6.54 Å². The molecule has 1 unspecified atom stereocenters. The lowest BCUT2D eigenvalue weighted by atomic mass is 10.2. The minimum Gasteiger partial charge on any atom is -0.493 e. The Labute approximate surface area is 134 Å². The number of benzene rings is 1. The molecule has 2 rings (SSSR count). The van der Waals surface area contributed by atoms with Crippen molar-refractivity contribution in [3.05, 3.63) is 40.6 Å². The summed E-state index contributed by atoms with van der Waals surface area (Å²) in [6, 6.07) is 7.41. The van der Waals surface area contributed by atoms with Crippen molar-refractivity contribution in [2.75, 3.05) is 33.1 Å². The molecule has 22 heavy (non-hydrogen) atoms. The van der Waals surface area contributed by atoms with Gasteiger partial charge in [-0.1, -0.05) is 0 Å². The van der Waals surface area contributed by atoms with Crippen molar-refractivity contribution in [3.8, 4) is 11.5 Å². The van der Waals surface area contributed by atoms with E-state index in [0.717, 1.165) is 11.4 Å². The first-order chi connectivity index (χ1) is 10.6. The summed E-state index contributed by atoms with van der Waals surface area (Å²) >= 11 is 1.67. The third-order valence-electron chi connectivity index (χ3n) is 3.22. The Balaban J connectivity index is 1.91. The molecule has 118 valence electrons. The van der Waals surface area contributed by atoms with Crippen LogP contribution in [0.3, 0.4) is 0 Å². The monoisotopic (exact) mass is 321 g/mol. The van der Waals surface area contributed by atoms with Crippen LogP contribution in [0.2, 0.25) is 0 Å². The van der Waals surface area contributed by atoms with Crippen LogP contribution < -0.4 is 19.7 Å². The molecule has 1 amide bonds. The third kappa shape index (κ3) is 4.47. The van der Waals surface area contributed by atoms with Crippen molar-refractivity contribution < 1.29 is 19.2 Å². The smallest absolute Gasteiger partial charge is 0.279 e. The van der Waals surface area contributed by atoms with Crippen LogP contribution in [0.1, 0.15) is 5.56 Å². The molecule has 0 bridgehead atoms. The zero-order valence-corrected chi connectivity index (χ0v) is 13.8. The Kier molecular flexibility index (Phi) is 5.80. The minimum absolute atomic E-state index is 0.0278. The van der Waals surface area contributed by atoms with E-state index in [9.17, 15) is 4.79 Å². The lowest BCUT2D eigenvalue weighted by Gasteiger charge is -2.14. The molecular formula is C16H21N2O3S+. The van der Waals surface area contributed by atoms with Gasteiger partial charge in [0.15, 0.2) is 18.0 Å². The summed E-state index contributed by atoms with van der Waals surface area (Å²) in [4.78, 5) is 13.2. The van der Waals surface area contributed by atoms with Gasteiger partial charge in [-0.2, -0.15) is 11.3 Å². The second kappa shape index (κ2) is 7.82. The highest BCUT2D eigenvalue weighted by Crippen LogP contribution is 2.29. The second-order valence-corrected chi connectivity index (χ2v) is 5.84. The average molecular weight is 321 g/mol. The quantitative estimate of drug-likeness (QED) is 0.811. The molecule has 1 aromatic carbocycles. The van der Waals surface area contributed by atoms with Gasteiger partial charge in [0, 0.05) is 17.3 Å². The van der Waals surface area contributed by atoms with E-state index < -0.39 is 0 Å². The maximum Gasteiger partial charge on any atom is 0.279 e. The molecule has 0 saturated heterocycles. The fourth-order valence-corrected chi connectivity index (χ4v) is 2.87. The number of carbonyl (C=O) groups excluding carboxylic acids is 1. The SMILES string of the molecule is COc1ccc(NC(=O)C[NH+](C)Cc2ccsc2)cc1OC. The Morgan fingerprint density at radius 3 is 2.64 bits per heavy atom. The maximum atomic E-state index is 12.1. The van der Waals surface area contributed by atoms with Crippen LogP contribution in [-0.4, -0.2) is 33.7 Å². The summed E-state index contributed by atoms with van der Waals surface area (Å²) < 4.78 is 10.4. The number of amides is 1. The molecule has 1 aromatic heterocycles. The molecular weight excluding hydrogens is 300 g/mol. The molecule has 0 aliphatic heterocycles. The molecule has 5 nitrogen and oxygen atoms in total. The molecule has 0 saturated carbocycles. The lowest BCUT2D eigenvalue weighted by Crippen LogP contribution is -3.08. The predicted octanol–water partition coefficient (Wildman–Crippen LogP) is 1.42. The zero-order chi connectivity index (χ0) is 15.9. The van der Waals surface area contributed by atoms with Crippen LogP contribution in [0.4, 0.5) is 5.69 Å². The van der Waals surface area contributed by atoms with E-state index in [1.165, 1.54) is 5.56 Å². The number of quaternary nitrogens is 1. The molecule has 0 radical (unpaired) electrons. The van der Waals surface area contributed by atoms with Gasteiger partial charge in [0.25, 0.3) is 5.91 Å². The van der Waals surface area contributed by atoms with Crippen molar-refractivity contribution in [1.82, 2.24) is 0 Å². The van der Waals surface area contributed by atoms with E-state index >= 15 is 0 Å². The van der Waals surface area contributed by atoms with Gasteiger partial charge in [-0.25, -0.2) is 0 Å². The molecule has 0 aliphatic carbocycles. The van der Waals surface area contributed by atoms with E-state index in [1.807, 2.05) is 12.4 Å². The van der Waals surface area contributed by atoms with Gasteiger partial charge in [0.05, 0.1) is 21.3 Å². The van der Waals surface area contributed by atoms with E-state index in [2.05, 4.69) is 16.8 Å². The first-order valence-corrected chi connectivity index (χ1v) is 7.91. The fourth-order valence-electron chi connectivity index (χ4n) is 2.20. The standard InChI is InChI=1S/C16H20N2O3S/c1-18(9-12-6-7-22-11-12)10-16(19)17-13-4-5-14(20-2)15(8-13)21-3/h4-8,11H,9-10H2,1-3H3,(H,17,19)/p+1. The predicted molar refractivity (Wildman–Crippen MR) is 88.0 cm³/mol. The van der Waals surface area contributed by atoms with Crippen molar-refractivity contribution in [1.29, 1.82) is 0 Å². The third-order valence-corrected chi connectivity index (χ3v) is 3.95. The molecule has 0 aliphatic rings. The number of carbonyl (C=O) groups is 1. The Morgan fingerprint density at radius 1 is 1.23 bits per heavy atom. The summed E-state index contributed by atoms with van der Waals surface area (Å²) in [5.41, 5.74) is 1.95. The van der Waals surface area contributed by atoms with Gasteiger partial charge in [0.2, 0.25) is 0 Å². The highest BCUT2D eigenvalue weighted by atomic mass is 32.1. The first kappa shape index (κ1) is 16.3. The fraction of sp³-hybridized carbons (Fsp3) is 0.312. The Bertz CT molecular complexity index is 614. The van der Waals surface area contributed by atoms with Gasteiger partial charge in [-0.15, -0.1) is 0 Å². The topological polar surface area (TPSA) is 52.0 Å². The molecule has 1 heterocycles. The Hall–Kier alpha value is -2.05. The number of methoxy groups -OCH3 is 2. The Morgan fingerprint density at radius 2 is 2.00 bits per heavy atom. The van der Waals surface area contributed by atoms with Crippen LogP contribution in [0.25, 0.3) is 0 Å².